The summed E-state index contributed by atoms with van der Waals surface area (Å²) < 4.78 is 4.77. The summed E-state index contributed by atoms with van der Waals surface area (Å²) in [5.41, 5.74) is 2.72. The molecule has 0 radical (unpaired) electrons. The second-order valence-electron chi connectivity index (χ2n) is 5.52. The van der Waals surface area contributed by atoms with Crippen molar-refractivity contribution in [2.24, 2.45) is 0 Å². The normalized spacial score (nSPS) is 19.2. The maximum atomic E-state index is 12.4. The van der Waals surface area contributed by atoms with Gasteiger partial charge in [-0.05, 0) is 0 Å². The minimum Gasteiger partial charge on any atom is -0.447 e. The Bertz CT molecular complexity index is 778. The molecule has 4 rings (SSSR count). The first-order valence-electron chi connectivity index (χ1n) is 7.33. The quantitative estimate of drug-likeness (QED) is 0.897. The second kappa shape index (κ2) is 5.35. The van der Waals surface area contributed by atoms with Crippen LogP contribution in [0.4, 0.5) is 4.79 Å². The lowest BCUT2D eigenvalue weighted by Gasteiger charge is -2.17. The third-order valence-corrected chi connectivity index (χ3v) is 3.97. The Kier molecular flexibility index (Phi) is 3.18. The zero-order valence-electron chi connectivity index (χ0n) is 12.2. The maximum absolute atomic E-state index is 12.4. The van der Waals surface area contributed by atoms with Crippen LogP contribution in [0.25, 0.3) is 11.4 Å². The summed E-state index contributed by atoms with van der Waals surface area (Å²) in [6.07, 6.45) is 1.22. The highest BCUT2D eigenvalue weighted by Crippen LogP contribution is 2.24. The number of hydrogen-bond acceptors (Lipinski definition) is 5. The number of amides is 2. The van der Waals surface area contributed by atoms with Gasteiger partial charge in [0, 0.05) is 23.9 Å². The van der Waals surface area contributed by atoms with Gasteiger partial charge in [-0.15, -0.1) is 0 Å². The number of nitrogens with one attached hydrogen (secondary N) is 1. The molecular weight excluding hydrogens is 296 g/mol. The van der Waals surface area contributed by atoms with Gasteiger partial charge in [-0.2, -0.15) is 0 Å². The average molecular weight is 310 g/mol. The lowest BCUT2D eigenvalue weighted by molar-refractivity contribution is -0.133. The number of carbonyl (C=O) groups excluding carboxylic acids is 2. The highest BCUT2D eigenvalue weighted by atomic mass is 16.6. The predicted molar refractivity (Wildman–Crippen MR) is 80.0 cm³/mol. The van der Waals surface area contributed by atoms with Crippen molar-refractivity contribution in [3.63, 3.8) is 0 Å². The van der Waals surface area contributed by atoms with E-state index >= 15 is 0 Å². The molecule has 3 heterocycles. The highest BCUT2D eigenvalue weighted by molar-refractivity contribution is 5.88. The number of rotatable bonds is 2. The smallest absolute Gasteiger partial charge is 0.407 e. The van der Waals surface area contributed by atoms with Crippen molar-refractivity contribution in [1.29, 1.82) is 0 Å². The lowest BCUT2D eigenvalue weighted by atomic mass is 10.2. The number of hydrogen-bond donors (Lipinski definition) is 1. The Morgan fingerprint density at radius 3 is 2.83 bits per heavy atom. The van der Waals surface area contributed by atoms with Gasteiger partial charge in [-0.3, -0.25) is 4.79 Å². The van der Waals surface area contributed by atoms with Crippen molar-refractivity contribution < 1.29 is 14.3 Å². The first-order chi connectivity index (χ1) is 11.2. The van der Waals surface area contributed by atoms with E-state index < -0.39 is 12.1 Å². The van der Waals surface area contributed by atoms with Crippen molar-refractivity contribution in [2.75, 3.05) is 6.61 Å². The second-order valence-corrected chi connectivity index (χ2v) is 5.52. The summed E-state index contributed by atoms with van der Waals surface area (Å²) in [6, 6.07) is 9.10. The van der Waals surface area contributed by atoms with Gasteiger partial charge in [0.05, 0.1) is 12.2 Å². The largest absolute Gasteiger partial charge is 0.447 e. The SMILES string of the molecule is O=C1N[C@H](C(=O)N2Cc3cnc(-c4ccccc4)nc3C2)CO1. The first kappa shape index (κ1) is 13.7. The molecule has 0 saturated carbocycles. The summed E-state index contributed by atoms with van der Waals surface area (Å²) in [5.74, 6) is 0.492. The molecule has 2 aliphatic heterocycles. The molecule has 1 N–H and O–H groups in total. The van der Waals surface area contributed by atoms with E-state index in [9.17, 15) is 9.59 Å². The average Bonchev–Trinajstić information content (AvgIpc) is 3.20. The number of benzene rings is 1. The van der Waals surface area contributed by atoms with Crippen LogP contribution >= 0.6 is 0 Å². The topological polar surface area (TPSA) is 84.4 Å². The van der Waals surface area contributed by atoms with Crippen molar-refractivity contribution in [2.45, 2.75) is 19.1 Å². The molecule has 116 valence electrons. The maximum Gasteiger partial charge on any atom is 0.407 e. The van der Waals surface area contributed by atoms with Gasteiger partial charge in [0.2, 0.25) is 5.91 Å². The number of nitrogens with zero attached hydrogens (tertiary/aromatic N) is 3. The fourth-order valence-corrected chi connectivity index (χ4v) is 2.77. The molecule has 7 heteroatoms. The van der Waals surface area contributed by atoms with Gasteiger partial charge in [0.15, 0.2) is 5.82 Å². The van der Waals surface area contributed by atoms with Crippen LogP contribution in [0.5, 0.6) is 0 Å². The van der Waals surface area contributed by atoms with Gasteiger partial charge >= 0.3 is 6.09 Å². The van der Waals surface area contributed by atoms with Gasteiger partial charge in [-0.1, -0.05) is 30.3 Å². The van der Waals surface area contributed by atoms with E-state index in [2.05, 4.69) is 15.3 Å². The third-order valence-electron chi connectivity index (χ3n) is 3.97. The highest BCUT2D eigenvalue weighted by Gasteiger charge is 2.35. The molecule has 1 fully saturated rings. The molecule has 0 bridgehead atoms. The Balaban J connectivity index is 1.53. The number of fused-ring (bicyclic) bond motifs is 1. The molecular formula is C16H14N4O3. The number of alkyl carbamates (subject to hydrolysis) is 1. The van der Waals surface area contributed by atoms with E-state index in [0.29, 0.717) is 18.9 Å². The van der Waals surface area contributed by atoms with Crippen LogP contribution in [-0.4, -0.2) is 39.5 Å². The van der Waals surface area contributed by atoms with Crippen molar-refractivity contribution in [3.8, 4) is 11.4 Å². The van der Waals surface area contributed by atoms with Crippen LogP contribution in [0.3, 0.4) is 0 Å². The van der Waals surface area contributed by atoms with E-state index in [0.717, 1.165) is 16.8 Å². The van der Waals surface area contributed by atoms with Gasteiger partial charge in [-0.25, -0.2) is 14.8 Å². The standard InChI is InChI=1S/C16H14N4O3/c21-15(13-9-23-16(22)19-13)20-7-11-6-17-14(18-12(11)8-20)10-4-2-1-3-5-10/h1-6,13H,7-9H2,(H,19,22)/t13-/m0/s1. The summed E-state index contributed by atoms with van der Waals surface area (Å²) in [7, 11) is 0. The van der Waals surface area contributed by atoms with Crippen LogP contribution in [0.1, 0.15) is 11.3 Å². The van der Waals surface area contributed by atoms with E-state index in [-0.39, 0.29) is 12.5 Å². The number of ether oxygens (including phenoxy) is 1. The first-order valence-corrected chi connectivity index (χ1v) is 7.33. The fraction of sp³-hybridized carbons (Fsp3) is 0.250. The van der Waals surface area contributed by atoms with Crippen molar-refractivity contribution in [1.82, 2.24) is 20.2 Å². The minimum atomic E-state index is -0.613. The molecule has 0 unspecified atom stereocenters. The van der Waals surface area contributed by atoms with E-state index in [4.69, 9.17) is 4.74 Å². The molecule has 1 aromatic carbocycles. The van der Waals surface area contributed by atoms with E-state index in [1.807, 2.05) is 30.3 Å². The van der Waals surface area contributed by atoms with E-state index in [1.165, 1.54) is 0 Å². The molecule has 2 amide bonds. The zero-order chi connectivity index (χ0) is 15.8. The van der Waals surface area contributed by atoms with Crippen LogP contribution in [0.2, 0.25) is 0 Å². The summed E-state index contributed by atoms with van der Waals surface area (Å²) in [5, 5.41) is 2.51. The van der Waals surface area contributed by atoms with E-state index in [1.54, 1.807) is 11.1 Å². The molecule has 1 atom stereocenters. The molecule has 23 heavy (non-hydrogen) atoms. The Morgan fingerprint density at radius 2 is 2.09 bits per heavy atom. The zero-order valence-corrected chi connectivity index (χ0v) is 12.2. The van der Waals surface area contributed by atoms with Gasteiger partial charge < -0.3 is 15.0 Å². The van der Waals surface area contributed by atoms with Crippen LogP contribution in [-0.2, 0) is 22.6 Å². The number of carbonyl (C=O) groups is 2. The van der Waals surface area contributed by atoms with Gasteiger partial charge in [0.1, 0.15) is 12.6 Å². The number of aromatic nitrogens is 2. The van der Waals surface area contributed by atoms with Crippen molar-refractivity contribution >= 4 is 12.0 Å². The monoisotopic (exact) mass is 310 g/mol. The summed E-state index contributed by atoms with van der Waals surface area (Å²) in [6.45, 7) is 0.948. The summed E-state index contributed by atoms with van der Waals surface area (Å²) in [4.78, 5) is 34.1. The van der Waals surface area contributed by atoms with Crippen LogP contribution in [0.15, 0.2) is 36.5 Å². The molecule has 0 aliphatic carbocycles. The fourth-order valence-electron chi connectivity index (χ4n) is 2.77. The Morgan fingerprint density at radius 1 is 1.26 bits per heavy atom. The number of cyclic esters (lactones) is 1. The predicted octanol–water partition coefficient (Wildman–Crippen LogP) is 1.09. The lowest BCUT2D eigenvalue weighted by Crippen LogP contribution is -2.43. The molecule has 7 nitrogen and oxygen atoms in total. The molecule has 0 spiro atoms. The van der Waals surface area contributed by atoms with Crippen LogP contribution in [0, 0.1) is 0 Å². The summed E-state index contributed by atoms with van der Waals surface area (Å²) >= 11 is 0. The van der Waals surface area contributed by atoms with Crippen LogP contribution < -0.4 is 5.32 Å². The molecule has 2 aliphatic rings. The Labute approximate surface area is 132 Å². The molecule has 2 aromatic rings. The van der Waals surface area contributed by atoms with Crippen molar-refractivity contribution in [3.05, 3.63) is 47.8 Å². The molecule has 1 aromatic heterocycles. The Hall–Kier alpha value is -2.96. The third kappa shape index (κ3) is 2.50. The minimum absolute atomic E-state index is 0.0749. The van der Waals surface area contributed by atoms with Gasteiger partial charge in [0.25, 0.3) is 0 Å². The molecule has 1 saturated heterocycles.